The van der Waals surface area contributed by atoms with Crippen LogP contribution >= 0.6 is 11.3 Å². The summed E-state index contributed by atoms with van der Waals surface area (Å²) in [5.74, 6) is 1.29. The molecule has 0 radical (unpaired) electrons. The smallest absolute Gasteiger partial charge is 0.230 e. The lowest BCUT2D eigenvalue weighted by molar-refractivity contribution is -0.115. The molecule has 136 valence electrons. The first-order valence-electron chi connectivity index (χ1n) is 8.60. The topological polar surface area (TPSA) is 55.6 Å². The van der Waals surface area contributed by atoms with Crippen LogP contribution in [-0.2, 0) is 11.2 Å². The Balaban J connectivity index is 1.80. The summed E-state index contributed by atoms with van der Waals surface area (Å²) in [6.07, 6.45) is 2.26. The summed E-state index contributed by atoms with van der Waals surface area (Å²) >= 11 is 1.57. The summed E-state index contributed by atoms with van der Waals surface area (Å²) in [6, 6.07) is 15.6. The van der Waals surface area contributed by atoms with E-state index >= 15 is 0 Å². The average Bonchev–Trinajstić information content (AvgIpc) is 3.29. The molecule has 0 atom stereocenters. The molecule has 1 N–H and O–H groups in total. The van der Waals surface area contributed by atoms with Crippen LogP contribution in [0.3, 0.4) is 0 Å². The third-order valence-electron chi connectivity index (χ3n) is 4.32. The van der Waals surface area contributed by atoms with E-state index in [2.05, 4.69) is 5.32 Å². The zero-order valence-electron chi connectivity index (χ0n) is 15.1. The number of carbonyl (C=O) groups is 1. The summed E-state index contributed by atoms with van der Waals surface area (Å²) < 4.78 is 7.41. The summed E-state index contributed by atoms with van der Waals surface area (Å²) in [7, 11) is 1.63. The van der Waals surface area contributed by atoms with Gasteiger partial charge in [-0.3, -0.25) is 9.20 Å². The van der Waals surface area contributed by atoms with Crippen molar-refractivity contribution in [1.82, 2.24) is 9.38 Å². The van der Waals surface area contributed by atoms with Gasteiger partial charge in [-0.15, -0.1) is 11.3 Å². The molecule has 6 heteroatoms. The molecule has 5 nitrogen and oxygen atoms in total. The monoisotopic (exact) mass is 377 g/mol. The third-order valence-corrected chi connectivity index (χ3v) is 5.19. The van der Waals surface area contributed by atoms with Gasteiger partial charge in [-0.2, -0.15) is 0 Å². The molecule has 1 aromatic carbocycles. The molecule has 0 unspecified atom stereocenters. The normalized spacial score (nSPS) is 10.9. The fourth-order valence-corrected chi connectivity index (χ4v) is 3.75. The molecule has 0 saturated carbocycles. The molecule has 0 fully saturated rings. The minimum absolute atomic E-state index is 0.0732. The van der Waals surface area contributed by atoms with E-state index in [1.54, 1.807) is 18.4 Å². The Morgan fingerprint density at radius 2 is 2.07 bits per heavy atom. The van der Waals surface area contributed by atoms with Gasteiger partial charge in [0.1, 0.15) is 22.9 Å². The van der Waals surface area contributed by atoms with Crippen LogP contribution in [0.15, 0.2) is 60.1 Å². The van der Waals surface area contributed by atoms with E-state index in [0.717, 1.165) is 21.7 Å². The maximum atomic E-state index is 12.6. The van der Waals surface area contributed by atoms with Gasteiger partial charge >= 0.3 is 0 Å². The number of imidazole rings is 1. The summed E-state index contributed by atoms with van der Waals surface area (Å²) in [4.78, 5) is 18.4. The zero-order valence-corrected chi connectivity index (χ0v) is 15.9. The van der Waals surface area contributed by atoms with Crippen molar-refractivity contribution < 1.29 is 9.53 Å². The number of thiophene rings is 1. The van der Waals surface area contributed by atoms with Gasteiger partial charge in [0, 0.05) is 16.6 Å². The number of ether oxygens (including phenoxy) is 1. The highest BCUT2D eigenvalue weighted by Crippen LogP contribution is 2.35. The van der Waals surface area contributed by atoms with Gasteiger partial charge < -0.3 is 10.1 Å². The maximum Gasteiger partial charge on any atom is 0.230 e. The van der Waals surface area contributed by atoms with E-state index in [1.165, 1.54) is 0 Å². The quantitative estimate of drug-likeness (QED) is 0.555. The maximum absolute atomic E-state index is 12.6. The SMILES string of the molecule is COc1ccccc1-c1nc2cc(C)ccn2c1NC(=O)Cc1cccs1. The number of aromatic nitrogens is 2. The average molecular weight is 377 g/mol. The van der Waals surface area contributed by atoms with Crippen molar-refractivity contribution in [2.75, 3.05) is 12.4 Å². The molecule has 0 aliphatic heterocycles. The Bertz CT molecular complexity index is 1100. The van der Waals surface area contributed by atoms with Gasteiger partial charge in [0.05, 0.1) is 13.5 Å². The Hall–Kier alpha value is -3.12. The molecule has 0 spiro atoms. The van der Waals surface area contributed by atoms with Crippen LogP contribution in [0, 0.1) is 6.92 Å². The van der Waals surface area contributed by atoms with Crippen LogP contribution in [0.25, 0.3) is 16.9 Å². The van der Waals surface area contributed by atoms with Gasteiger partial charge in [0.15, 0.2) is 0 Å². The lowest BCUT2D eigenvalue weighted by Crippen LogP contribution is -2.15. The van der Waals surface area contributed by atoms with Crippen molar-refractivity contribution in [1.29, 1.82) is 0 Å². The number of methoxy groups -OCH3 is 1. The molecule has 4 aromatic rings. The van der Waals surface area contributed by atoms with Crippen molar-refractivity contribution in [3.8, 4) is 17.0 Å². The summed E-state index contributed by atoms with van der Waals surface area (Å²) in [6.45, 7) is 2.02. The number of rotatable bonds is 5. The highest BCUT2D eigenvalue weighted by Gasteiger charge is 2.19. The predicted molar refractivity (Wildman–Crippen MR) is 109 cm³/mol. The van der Waals surface area contributed by atoms with E-state index in [9.17, 15) is 4.79 Å². The van der Waals surface area contributed by atoms with E-state index in [4.69, 9.17) is 9.72 Å². The standard InChI is InChI=1S/C21H19N3O2S/c1-14-9-10-24-18(12-14)22-20(16-7-3-4-8-17(16)26-2)21(24)23-19(25)13-15-6-5-11-27-15/h3-12H,13H2,1-2H3,(H,23,25). The lowest BCUT2D eigenvalue weighted by Gasteiger charge is -2.10. The van der Waals surface area contributed by atoms with Gasteiger partial charge in [0.25, 0.3) is 0 Å². The molecule has 0 aliphatic carbocycles. The molecule has 27 heavy (non-hydrogen) atoms. The minimum Gasteiger partial charge on any atom is -0.496 e. The van der Waals surface area contributed by atoms with Crippen LogP contribution < -0.4 is 10.1 Å². The minimum atomic E-state index is -0.0732. The zero-order chi connectivity index (χ0) is 18.8. The number of nitrogens with one attached hydrogen (secondary N) is 1. The number of benzene rings is 1. The van der Waals surface area contributed by atoms with Crippen molar-refractivity contribution >= 4 is 28.7 Å². The van der Waals surface area contributed by atoms with Crippen molar-refractivity contribution in [2.45, 2.75) is 13.3 Å². The van der Waals surface area contributed by atoms with Crippen LogP contribution in [-0.4, -0.2) is 22.4 Å². The Labute approximate surface area is 161 Å². The van der Waals surface area contributed by atoms with Crippen molar-refractivity contribution in [3.05, 3.63) is 70.5 Å². The number of nitrogens with zero attached hydrogens (tertiary/aromatic N) is 2. The number of carbonyl (C=O) groups excluding carboxylic acids is 1. The Kier molecular flexibility index (Phi) is 4.64. The van der Waals surface area contributed by atoms with E-state index in [0.29, 0.717) is 23.7 Å². The summed E-state index contributed by atoms with van der Waals surface area (Å²) in [5, 5.41) is 5.03. The second kappa shape index (κ2) is 7.25. The molecular formula is C21H19N3O2S. The number of para-hydroxylation sites is 1. The fourth-order valence-electron chi connectivity index (χ4n) is 3.04. The highest BCUT2D eigenvalue weighted by molar-refractivity contribution is 7.10. The van der Waals surface area contributed by atoms with E-state index in [-0.39, 0.29) is 5.91 Å². The number of amides is 1. The number of pyridine rings is 1. The molecule has 3 aromatic heterocycles. The van der Waals surface area contributed by atoms with Crippen LogP contribution in [0.1, 0.15) is 10.4 Å². The lowest BCUT2D eigenvalue weighted by atomic mass is 10.1. The van der Waals surface area contributed by atoms with Gasteiger partial charge in [-0.05, 0) is 48.2 Å². The van der Waals surface area contributed by atoms with Gasteiger partial charge in [-0.25, -0.2) is 4.98 Å². The van der Waals surface area contributed by atoms with Crippen LogP contribution in [0.5, 0.6) is 5.75 Å². The van der Waals surface area contributed by atoms with Crippen molar-refractivity contribution in [2.24, 2.45) is 0 Å². The predicted octanol–water partition coefficient (Wildman–Crippen LogP) is 4.56. The highest BCUT2D eigenvalue weighted by atomic mass is 32.1. The number of hydrogen-bond donors (Lipinski definition) is 1. The summed E-state index contributed by atoms with van der Waals surface area (Å²) in [5.41, 5.74) is 3.42. The third kappa shape index (κ3) is 3.44. The first-order valence-corrected chi connectivity index (χ1v) is 9.48. The van der Waals surface area contributed by atoms with E-state index < -0.39 is 0 Å². The first kappa shape index (κ1) is 17.3. The molecule has 0 saturated heterocycles. The van der Waals surface area contributed by atoms with Crippen molar-refractivity contribution in [3.63, 3.8) is 0 Å². The molecule has 1 amide bonds. The molecule has 0 aliphatic rings. The number of hydrogen-bond acceptors (Lipinski definition) is 4. The second-order valence-corrected chi connectivity index (χ2v) is 7.28. The van der Waals surface area contributed by atoms with Gasteiger partial charge in [-0.1, -0.05) is 18.2 Å². The molecular weight excluding hydrogens is 358 g/mol. The molecule has 3 heterocycles. The fraction of sp³-hybridized carbons (Fsp3) is 0.143. The first-order chi connectivity index (χ1) is 13.2. The number of anilines is 1. The molecule has 0 bridgehead atoms. The number of fused-ring (bicyclic) bond motifs is 1. The molecule has 4 rings (SSSR count). The van der Waals surface area contributed by atoms with Gasteiger partial charge in [0.2, 0.25) is 5.91 Å². The number of aryl methyl sites for hydroxylation is 1. The second-order valence-electron chi connectivity index (χ2n) is 6.25. The Morgan fingerprint density at radius 3 is 2.85 bits per heavy atom. The largest absolute Gasteiger partial charge is 0.496 e. The Morgan fingerprint density at radius 1 is 1.22 bits per heavy atom. The van der Waals surface area contributed by atoms with E-state index in [1.807, 2.05) is 71.4 Å². The van der Waals surface area contributed by atoms with Crippen LogP contribution in [0.2, 0.25) is 0 Å². The van der Waals surface area contributed by atoms with Crippen LogP contribution in [0.4, 0.5) is 5.82 Å².